The SMILES string of the molecule is CCCCC(CCCCCC(=O)O)C(=O)[O-].[NH4+]. The molecule has 0 aromatic carbocycles. The Bertz CT molecular complexity index is 219. The van der Waals surface area contributed by atoms with Crippen molar-refractivity contribution in [1.29, 1.82) is 0 Å². The average molecular weight is 247 g/mol. The molecule has 5 nitrogen and oxygen atoms in total. The number of quaternary nitrogens is 1. The van der Waals surface area contributed by atoms with Gasteiger partial charge in [-0.3, -0.25) is 4.79 Å². The molecule has 0 aromatic heterocycles. The molecule has 0 aliphatic heterocycles. The van der Waals surface area contributed by atoms with Gasteiger partial charge in [-0.25, -0.2) is 0 Å². The minimum atomic E-state index is -0.966. The summed E-state index contributed by atoms with van der Waals surface area (Å²) in [5.74, 6) is -2.11. The zero-order chi connectivity index (χ0) is 12.4. The van der Waals surface area contributed by atoms with Crippen LogP contribution in [0.4, 0.5) is 0 Å². The Morgan fingerprint density at radius 2 is 1.71 bits per heavy atom. The molecule has 17 heavy (non-hydrogen) atoms. The average Bonchev–Trinajstić information content (AvgIpc) is 2.21. The van der Waals surface area contributed by atoms with Crippen LogP contribution in [0.1, 0.15) is 58.3 Å². The van der Waals surface area contributed by atoms with Gasteiger partial charge >= 0.3 is 5.97 Å². The first-order chi connectivity index (χ1) is 7.57. The number of rotatable bonds is 10. The van der Waals surface area contributed by atoms with Crippen LogP contribution in [-0.4, -0.2) is 17.0 Å². The van der Waals surface area contributed by atoms with Crippen molar-refractivity contribution in [2.24, 2.45) is 5.92 Å². The standard InChI is InChI=1S/C12H22O4.H3N/c1-2-3-7-10(12(15)16)8-5-4-6-9-11(13)14;/h10H,2-9H2,1H3,(H,13,14)(H,15,16);1H3. The summed E-state index contributed by atoms with van der Waals surface area (Å²) < 4.78 is 0. The van der Waals surface area contributed by atoms with E-state index in [9.17, 15) is 14.7 Å². The van der Waals surface area contributed by atoms with E-state index in [1.165, 1.54) is 0 Å². The molecule has 0 aliphatic carbocycles. The Morgan fingerprint density at radius 3 is 2.18 bits per heavy atom. The fourth-order valence-electron chi connectivity index (χ4n) is 1.67. The minimum absolute atomic E-state index is 0. The molecule has 0 amide bonds. The fraction of sp³-hybridized carbons (Fsp3) is 0.833. The van der Waals surface area contributed by atoms with Gasteiger partial charge in [-0.1, -0.05) is 32.6 Å². The summed E-state index contributed by atoms with van der Waals surface area (Å²) in [5.41, 5.74) is 0. The molecule has 0 saturated carbocycles. The van der Waals surface area contributed by atoms with Gasteiger partial charge in [0.1, 0.15) is 0 Å². The van der Waals surface area contributed by atoms with Crippen molar-refractivity contribution in [1.82, 2.24) is 6.15 Å². The monoisotopic (exact) mass is 247 g/mol. The van der Waals surface area contributed by atoms with E-state index >= 15 is 0 Å². The number of hydrogen-bond acceptors (Lipinski definition) is 3. The number of carbonyl (C=O) groups excluding carboxylic acids is 1. The van der Waals surface area contributed by atoms with Crippen LogP contribution < -0.4 is 11.3 Å². The van der Waals surface area contributed by atoms with Crippen LogP contribution in [0.15, 0.2) is 0 Å². The third kappa shape index (κ3) is 11.2. The van der Waals surface area contributed by atoms with Crippen LogP contribution in [0.3, 0.4) is 0 Å². The molecule has 1 unspecified atom stereocenters. The highest BCUT2D eigenvalue weighted by molar-refractivity contribution is 5.67. The number of carboxylic acid groups (broad SMARTS) is 2. The summed E-state index contributed by atoms with van der Waals surface area (Å²) in [6.07, 6.45) is 5.54. The van der Waals surface area contributed by atoms with Gasteiger partial charge in [0.05, 0.1) is 0 Å². The number of carboxylic acids is 2. The summed E-state index contributed by atoms with van der Waals surface area (Å²) in [4.78, 5) is 21.0. The summed E-state index contributed by atoms with van der Waals surface area (Å²) in [7, 11) is 0. The number of carbonyl (C=O) groups is 2. The largest absolute Gasteiger partial charge is 0.550 e. The van der Waals surface area contributed by atoms with Crippen molar-refractivity contribution in [2.45, 2.75) is 58.3 Å². The summed E-state index contributed by atoms with van der Waals surface area (Å²) in [6, 6.07) is 0. The van der Waals surface area contributed by atoms with Gasteiger partial charge in [-0.15, -0.1) is 0 Å². The maximum absolute atomic E-state index is 10.8. The van der Waals surface area contributed by atoms with Crippen LogP contribution >= 0.6 is 0 Å². The molecule has 0 saturated heterocycles. The van der Waals surface area contributed by atoms with E-state index < -0.39 is 11.9 Å². The third-order valence-corrected chi connectivity index (χ3v) is 2.68. The highest BCUT2D eigenvalue weighted by Gasteiger charge is 2.09. The van der Waals surface area contributed by atoms with Crippen molar-refractivity contribution >= 4 is 11.9 Å². The first-order valence-corrected chi connectivity index (χ1v) is 6.00. The molecule has 5 N–H and O–H groups in total. The van der Waals surface area contributed by atoms with E-state index in [4.69, 9.17) is 5.11 Å². The molecule has 0 spiro atoms. The van der Waals surface area contributed by atoms with Crippen molar-refractivity contribution in [3.05, 3.63) is 0 Å². The van der Waals surface area contributed by atoms with Gasteiger partial charge in [-0.05, 0) is 25.2 Å². The van der Waals surface area contributed by atoms with Crippen LogP contribution in [0.2, 0.25) is 0 Å². The normalized spacial score (nSPS) is 11.6. The van der Waals surface area contributed by atoms with Crippen molar-refractivity contribution in [3.8, 4) is 0 Å². The van der Waals surface area contributed by atoms with Gasteiger partial charge in [0, 0.05) is 12.4 Å². The van der Waals surface area contributed by atoms with Gasteiger partial charge < -0.3 is 21.2 Å². The lowest BCUT2D eigenvalue weighted by molar-refractivity contribution is -0.312. The predicted molar refractivity (Wildman–Crippen MR) is 64.7 cm³/mol. The zero-order valence-electron chi connectivity index (χ0n) is 10.9. The van der Waals surface area contributed by atoms with Gasteiger partial charge in [0.25, 0.3) is 0 Å². The first kappa shape index (κ1) is 18.3. The molecule has 0 heterocycles. The summed E-state index contributed by atoms with van der Waals surface area (Å²) in [6.45, 7) is 2.03. The topological polar surface area (TPSA) is 114 Å². The molecule has 0 fully saturated rings. The van der Waals surface area contributed by atoms with Crippen molar-refractivity contribution in [2.75, 3.05) is 0 Å². The molecular weight excluding hydrogens is 222 g/mol. The lowest BCUT2D eigenvalue weighted by atomic mass is 9.95. The molecular formula is C12H25NO4. The molecule has 0 aliphatic rings. The van der Waals surface area contributed by atoms with E-state index in [2.05, 4.69) is 0 Å². The number of hydrogen-bond donors (Lipinski definition) is 2. The second-order valence-electron chi connectivity index (χ2n) is 4.15. The van der Waals surface area contributed by atoms with E-state index in [-0.39, 0.29) is 18.5 Å². The lowest BCUT2D eigenvalue weighted by Crippen LogP contribution is -2.31. The van der Waals surface area contributed by atoms with Gasteiger partial charge in [0.15, 0.2) is 0 Å². The maximum Gasteiger partial charge on any atom is 0.303 e. The van der Waals surface area contributed by atoms with E-state index in [0.717, 1.165) is 25.7 Å². The van der Waals surface area contributed by atoms with Gasteiger partial charge in [0.2, 0.25) is 0 Å². The van der Waals surface area contributed by atoms with Crippen molar-refractivity contribution in [3.63, 3.8) is 0 Å². The Kier molecular flexibility index (Phi) is 12.2. The maximum atomic E-state index is 10.8. The van der Waals surface area contributed by atoms with Gasteiger partial charge in [-0.2, -0.15) is 0 Å². The Labute approximate surface area is 103 Å². The molecule has 0 aromatic rings. The summed E-state index contributed by atoms with van der Waals surface area (Å²) >= 11 is 0. The fourth-order valence-corrected chi connectivity index (χ4v) is 1.67. The van der Waals surface area contributed by atoms with Crippen molar-refractivity contribution < 1.29 is 19.8 Å². The lowest BCUT2D eigenvalue weighted by Gasteiger charge is -2.17. The number of aliphatic carboxylic acids is 2. The van der Waals surface area contributed by atoms with E-state index in [0.29, 0.717) is 19.3 Å². The van der Waals surface area contributed by atoms with Crippen LogP contribution in [0, 0.1) is 5.92 Å². The Balaban J connectivity index is 0. The molecule has 5 heteroatoms. The molecule has 102 valence electrons. The minimum Gasteiger partial charge on any atom is -0.550 e. The smallest absolute Gasteiger partial charge is 0.303 e. The molecule has 0 bridgehead atoms. The third-order valence-electron chi connectivity index (χ3n) is 2.68. The molecule has 0 rings (SSSR count). The highest BCUT2D eigenvalue weighted by Crippen LogP contribution is 2.16. The van der Waals surface area contributed by atoms with Crippen LogP contribution in [0.25, 0.3) is 0 Å². The molecule has 0 radical (unpaired) electrons. The first-order valence-electron chi connectivity index (χ1n) is 6.00. The predicted octanol–water partition coefficient (Wildman–Crippen LogP) is 1.95. The highest BCUT2D eigenvalue weighted by atomic mass is 16.4. The Morgan fingerprint density at radius 1 is 1.12 bits per heavy atom. The number of unbranched alkanes of at least 4 members (excludes halogenated alkanes) is 3. The van der Waals surface area contributed by atoms with Crippen LogP contribution in [-0.2, 0) is 9.59 Å². The molecule has 1 atom stereocenters. The van der Waals surface area contributed by atoms with E-state index in [1.807, 2.05) is 6.92 Å². The van der Waals surface area contributed by atoms with Crippen LogP contribution in [0.5, 0.6) is 0 Å². The van der Waals surface area contributed by atoms with E-state index in [1.54, 1.807) is 0 Å². The second kappa shape index (κ2) is 11.4. The quantitative estimate of drug-likeness (QED) is 0.574. The summed E-state index contributed by atoms with van der Waals surface area (Å²) in [5, 5.41) is 19.2. The Hall–Kier alpha value is -1.10. The zero-order valence-corrected chi connectivity index (χ0v) is 10.9. The second-order valence-corrected chi connectivity index (χ2v) is 4.15.